The van der Waals surface area contributed by atoms with Gasteiger partial charge in [-0.15, -0.1) is 0 Å². The van der Waals surface area contributed by atoms with E-state index in [1.165, 1.54) is 37.4 Å². The highest BCUT2D eigenvalue weighted by atomic mass is 19.1. The second-order valence-electron chi connectivity index (χ2n) is 6.97. The molecule has 2 aromatic carbocycles. The van der Waals surface area contributed by atoms with Crippen molar-refractivity contribution < 1.29 is 28.6 Å². The van der Waals surface area contributed by atoms with Crippen molar-refractivity contribution >= 4 is 23.1 Å². The molecular weight excluding hydrogens is 415 g/mol. The van der Waals surface area contributed by atoms with E-state index in [0.717, 1.165) is 6.07 Å². The molecule has 7 nitrogen and oxygen atoms in total. The van der Waals surface area contributed by atoms with E-state index in [2.05, 4.69) is 4.98 Å². The maximum absolute atomic E-state index is 14.0. The molecule has 1 fully saturated rings. The SMILES string of the molecule is COc1ccc(N2C(=O)C(=O)/C(=C(/O)c3cc(F)ccc3OC)C2c2ccccn2)cc1. The fourth-order valence-electron chi connectivity index (χ4n) is 3.67. The summed E-state index contributed by atoms with van der Waals surface area (Å²) < 4.78 is 24.3. The fraction of sp³-hybridized carbons (Fsp3) is 0.125. The van der Waals surface area contributed by atoms with Gasteiger partial charge in [-0.2, -0.15) is 0 Å². The second kappa shape index (κ2) is 8.50. The van der Waals surface area contributed by atoms with Crippen molar-refractivity contribution in [3.8, 4) is 11.5 Å². The Balaban J connectivity index is 1.95. The number of aliphatic hydroxyl groups is 1. The van der Waals surface area contributed by atoms with Crippen LogP contribution in [-0.4, -0.2) is 36.0 Å². The number of Topliss-reactive ketones (excluding diaryl/α,β-unsaturated/α-hetero) is 1. The van der Waals surface area contributed by atoms with Crippen molar-refractivity contribution in [3.05, 3.63) is 89.5 Å². The molecule has 162 valence electrons. The maximum Gasteiger partial charge on any atom is 0.300 e. The van der Waals surface area contributed by atoms with Crippen LogP contribution in [0.4, 0.5) is 10.1 Å². The molecule has 1 saturated heterocycles. The Hall–Kier alpha value is -4.20. The first-order valence-electron chi connectivity index (χ1n) is 9.66. The van der Waals surface area contributed by atoms with E-state index in [-0.39, 0.29) is 16.9 Å². The monoisotopic (exact) mass is 434 g/mol. The van der Waals surface area contributed by atoms with Crippen LogP contribution in [-0.2, 0) is 9.59 Å². The highest BCUT2D eigenvalue weighted by Crippen LogP contribution is 2.42. The van der Waals surface area contributed by atoms with E-state index in [9.17, 15) is 19.1 Å². The average molecular weight is 434 g/mol. The Morgan fingerprint density at radius 3 is 2.41 bits per heavy atom. The first-order valence-corrected chi connectivity index (χ1v) is 9.66. The van der Waals surface area contributed by atoms with Crippen LogP contribution in [0.3, 0.4) is 0 Å². The van der Waals surface area contributed by atoms with Crippen molar-refractivity contribution in [2.45, 2.75) is 6.04 Å². The van der Waals surface area contributed by atoms with Crippen LogP contribution in [0.5, 0.6) is 11.5 Å². The lowest BCUT2D eigenvalue weighted by molar-refractivity contribution is -0.132. The number of amides is 1. The van der Waals surface area contributed by atoms with Gasteiger partial charge in [-0.25, -0.2) is 4.39 Å². The number of rotatable bonds is 5. The minimum Gasteiger partial charge on any atom is -0.507 e. The summed E-state index contributed by atoms with van der Waals surface area (Å²) in [6, 6.07) is 14.1. The summed E-state index contributed by atoms with van der Waals surface area (Å²) in [4.78, 5) is 31.7. The van der Waals surface area contributed by atoms with Gasteiger partial charge in [-0.05, 0) is 54.6 Å². The van der Waals surface area contributed by atoms with Crippen LogP contribution in [0.1, 0.15) is 17.3 Å². The summed E-state index contributed by atoms with van der Waals surface area (Å²) in [6.07, 6.45) is 1.52. The van der Waals surface area contributed by atoms with Gasteiger partial charge in [0.25, 0.3) is 11.7 Å². The second-order valence-corrected chi connectivity index (χ2v) is 6.97. The van der Waals surface area contributed by atoms with E-state index < -0.39 is 29.3 Å². The molecule has 8 heteroatoms. The van der Waals surface area contributed by atoms with Crippen molar-refractivity contribution in [1.82, 2.24) is 4.98 Å². The number of ether oxygens (including phenoxy) is 2. The molecule has 2 heterocycles. The molecule has 32 heavy (non-hydrogen) atoms. The lowest BCUT2D eigenvalue weighted by atomic mass is 9.97. The van der Waals surface area contributed by atoms with Gasteiger partial charge < -0.3 is 14.6 Å². The van der Waals surface area contributed by atoms with E-state index in [0.29, 0.717) is 17.1 Å². The van der Waals surface area contributed by atoms with Crippen molar-refractivity contribution in [3.63, 3.8) is 0 Å². The zero-order valence-electron chi connectivity index (χ0n) is 17.3. The Morgan fingerprint density at radius 1 is 1.03 bits per heavy atom. The minimum absolute atomic E-state index is 0.0406. The summed E-state index contributed by atoms with van der Waals surface area (Å²) in [5.74, 6) is -2.22. The summed E-state index contributed by atoms with van der Waals surface area (Å²) in [6.45, 7) is 0. The predicted molar refractivity (Wildman–Crippen MR) is 115 cm³/mol. The Kier molecular flexibility index (Phi) is 5.59. The zero-order valence-corrected chi connectivity index (χ0v) is 17.3. The summed E-state index contributed by atoms with van der Waals surface area (Å²) in [7, 11) is 2.87. The van der Waals surface area contributed by atoms with Gasteiger partial charge in [0.1, 0.15) is 29.1 Å². The third-order valence-corrected chi connectivity index (χ3v) is 5.18. The number of ketones is 1. The number of carbonyl (C=O) groups is 2. The topological polar surface area (TPSA) is 89.0 Å². The Labute approximate surface area is 183 Å². The molecule has 1 aromatic heterocycles. The number of hydrogen-bond donors (Lipinski definition) is 1. The lowest BCUT2D eigenvalue weighted by Gasteiger charge is -2.24. The molecule has 3 aromatic rings. The summed E-state index contributed by atoms with van der Waals surface area (Å²) in [5, 5.41) is 11.1. The number of halogens is 1. The maximum atomic E-state index is 14.0. The molecule has 1 aliphatic rings. The third kappa shape index (κ3) is 3.56. The average Bonchev–Trinajstić information content (AvgIpc) is 3.09. The van der Waals surface area contributed by atoms with E-state index >= 15 is 0 Å². The third-order valence-electron chi connectivity index (χ3n) is 5.18. The molecule has 0 bridgehead atoms. The first kappa shape index (κ1) is 21.0. The number of hydrogen-bond acceptors (Lipinski definition) is 6. The predicted octanol–water partition coefficient (Wildman–Crippen LogP) is 3.86. The molecule has 0 aliphatic carbocycles. The zero-order chi connectivity index (χ0) is 22.8. The van der Waals surface area contributed by atoms with Crippen molar-refractivity contribution in [1.29, 1.82) is 0 Å². The molecule has 0 radical (unpaired) electrons. The quantitative estimate of drug-likeness (QED) is 0.373. The van der Waals surface area contributed by atoms with Crippen molar-refractivity contribution in [2.75, 3.05) is 19.1 Å². The van der Waals surface area contributed by atoms with Crippen molar-refractivity contribution in [2.24, 2.45) is 0 Å². The number of nitrogens with zero attached hydrogens (tertiary/aromatic N) is 2. The molecule has 1 atom stereocenters. The number of pyridine rings is 1. The van der Waals surface area contributed by atoms with Gasteiger partial charge in [0.15, 0.2) is 0 Å². The van der Waals surface area contributed by atoms with E-state index in [1.54, 1.807) is 42.5 Å². The minimum atomic E-state index is -1.03. The largest absolute Gasteiger partial charge is 0.507 e. The van der Waals surface area contributed by atoms with Gasteiger partial charge in [-0.3, -0.25) is 19.5 Å². The number of benzene rings is 2. The number of methoxy groups -OCH3 is 2. The van der Waals surface area contributed by atoms with E-state index in [4.69, 9.17) is 9.47 Å². The highest BCUT2D eigenvalue weighted by Gasteiger charge is 2.47. The molecule has 1 aliphatic heterocycles. The molecule has 0 spiro atoms. The smallest absolute Gasteiger partial charge is 0.300 e. The summed E-state index contributed by atoms with van der Waals surface area (Å²) >= 11 is 0. The van der Waals surface area contributed by atoms with Crippen LogP contribution < -0.4 is 14.4 Å². The van der Waals surface area contributed by atoms with Crippen LogP contribution in [0, 0.1) is 5.82 Å². The van der Waals surface area contributed by atoms with Gasteiger partial charge in [0.05, 0.1) is 31.1 Å². The lowest BCUT2D eigenvalue weighted by Crippen LogP contribution is -2.29. The highest BCUT2D eigenvalue weighted by molar-refractivity contribution is 6.51. The number of aliphatic hydroxyl groups excluding tert-OH is 1. The van der Waals surface area contributed by atoms with Crippen LogP contribution in [0.15, 0.2) is 72.4 Å². The number of aromatic nitrogens is 1. The van der Waals surface area contributed by atoms with Gasteiger partial charge in [0, 0.05) is 11.9 Å². The molecule has 4 rings (SSSR count). The number of carbonyl (C=O) groups excluding carboxylic acids is 2. The van der Waals surface area contributed by atoms with E-state index in [1.807, 2.05) is 0 Å². The molecule has 1 unspecified atom stereocenters. The van der Waals surface area contributed by atoms with Crippen LogP contribution >= 0.6 is 0 Å². The molecule has 0 saturated carbocycles. The van der Waals surface area contributed by atoms with Crippen LogP contribution in [0.2, 0.25) is 0 Å². The molecule has 1 amide bonds. The number of anilines is 1. The molecular formula is C24H19FN2O5. The Bertz CT molecular complexity index is 1210. The fourth-order valence-corrected chi connectivity index (χ4v) is 3.67. The Morgan fingerprint density at radius 2 is 1.78 bits per heavy atom. The van der Waals surface area contributed by atoms with Gasteiger partial charge >= 0.3 is 0 Å². The standard InChI is InChI=1S/C24H19FN2O5/c1-31-16-9-7-15(8-10-16)27-21(18-5-3-4-12-26-18)20(23(29)24(27)30)22(28)17-13-14(25)6-11-19(17)32-2/h3-13,21,28H,1-2H3/b22-20+. The van der Waals surface area contributed by atoms with Crippen LogP contribution in [0.25, 0.3) is 5.76 Å². The van der Waals surface area contributed by atoms with Gasteiger partial charge in [0.2, 0.25) is 0 Å². The van der Waals surface area contributed by atoms with Gasteiger partial charge in [-0.1, -0.05) is 6.07 Å². The normalized spacial score (nSPS) is 17.5. The first-order chi connectivity index (χ1) is 15.5. The summed E-state index contributed by atoms with van der Waals surface area (Å²) in [5.41, 5.74) is 0.517. The molecule has 1 N–H and O–H groups in total.